The Hall–Kier alpha value is -2.70. The highest BCUT2D eigenvalue weighted by atomic mass is 19.1. The van der Waals surface area contributed by atoms with Crippen LogP contribution in [0.5, 0.6) is 0 Å². The van der Waals surface area contributed by atoms with Gasteiger partial charge >= 0.3 is 5.69 Å². The molecule has 26 heavy (non-hydrogen) atoms. The minimum atomic E-state index is -0.541. The summed E-state index contributed by atoms with van der Waals surface area (Å²) < 4.78 is 15.3. The van der Waals surface area contributed by atoms with Gasteiger partial charge in [-0.15, -0.1) is 0 Å². The number of carbonyl (C=O) groups excluding carboxylic acids is 1. The minimum Gasteiger partial charge on any atom is -0.341 e. The van der Waals surface area contributed by atoms with Gasteiger partial charge in [0.05, 0.1) is 6.54 Å². The summed E-state index contributed by atoms with van der Waals surface area (Å²) in [6, 6.07) is 7.07. The van der Waals surface area contributed by atoms with Gasteiger partial charge < -0.3 is 4.90 Å². The van der Waals surface area contributed by atoms with Crippen molar-refractivity contribution < 1.29 is 9.18 Å². The third-order valence-corrected chi connectivity index (χ3v) is 4.84. The number of halogens is 1. The van der Waals surface area contributed by atoms with Gasteiger partial charge in [0.1, 0.15) is 12.4 Å². The molecule has 3 rings (SSSR count). The van der Waals surface area contributed by atoms with E-state index in [4.69, 9.17) is 0 Å². The standard InChI is InChI=1S/C19H22FN3O3/c1-14-6-9-21(10-7-14)18(25)13-23-17(24)8-11-22(19(23)26)12-15-2-4-16(20)5-3-15/h2-5,8,11,14H,6-7,9-10,12-13H2,1H3. The fourth-order valence-electron chi connectivity index (χ4n) is 3.10. The van der Waals surface area contributed by atoms with Crippen molar-refractivity contribution in [2.45, 2.75) is 32.9 Å². The number of benzene rings is 1. The van der Waals surface area contributed by atoms with Crippen molar-refractivity contribution in [2.75, 3.05) is 13.1 Å². The lowest BCUT2D eigenvalue weighted by atomic mass is 9.99. The van der Waals surface area contributed by atoms with E-state index in [0.717, 1.165) is 23.0 Å². The topological polar surface area (TPSA) is 64.3 Å². The first-order valence-electron chi connectivity index (χ1n) is 8.76. The van der Waals surface area contributed by atoms with Crippen LogP contribution in [0.3, 0.4) is 0 Å². The monoisotopic (exact) mass is 359 g/mol. The van der Waals surface area contributed by atoms with Gasteiger partial charge in [0, 0.05) is 25.4 Å². The van der Waals surface area contributed by atoms with Crippen molar-refractivity contribution in [1.82, 2.24) is 14.0 Å². The lowest BCUT2D eigenvalue weighted by Gasteiger charge is -2.30. The molecule has 0 spiro atoms. The summed E-state index contributed by atoms with van der Waals surface area (Å²) >= 11 is 0. The number of likely N-dealkylation sites (tertiary alicyclic amines) is 1. The second-order valence-electron chi connectivity index (χ2n) is 6.84. The molecule has 0 aliphatic carbocycles. The summed E-state index contributed by atoms with van der Waals surface area (Å²) in [6.07, 6.45) is 3.27. The Kier molecular flexibility index (Phi) is 5.35. The Balaban J connectivity index is 1.79. The predicted molar refractivity (Wildman–Crippen MR) is 95.4 cm³/mol. The van der Waals surface area contributed by atoms with Crippen LogP contribution in [0.4, 0.5) is 4.39 Å². The number of nitrogens with zero attached hydrogens (tertiary/aromatic N) is 3. The molecule has 0 N–H and O–H groups in total. The van der Waals surface area contributed by atoms with Gasteiger partial charge in [-0.25, -0.2) is 9.18 Å². The van der Waals surface area contributed by atoms with E-state index in [-0.39, 0.29) is 24.8 Å². The van der Waals surface area contributed by atoms with Crippen LogP contribution in [0.25, 0.3) is 0 Å². The molecule has 1 aromatic carbocycles. The lowest BCUT2D eigenvalue weighted by Crippen LogP contribution is -2.46. The van der Waals surface area contributed by atoms with Crippen molar-refractivity contribution in [2.24, 2.45) is 5.92 Å². The Morgan fingerprint density at radius 3 is 2.42 bits per heavy atom. The summed E-state index contributed by atoms with van der Waals surface area (Å²) in [4.78, 5) is 38.9. The molecular formula is C19H22FN3O3. The predicted octanol–water partition coefficient (Wildman–Crippen LogP) is 1.46. The Morgan fingerprint density at radius 2 is 1.77 bits per heavy atom. The van der Waals surface area contributed by atoms with Crippen molar-refractivity contribution in [1.29, 1.82) is 0 Å². The van der Waals surface area contributed by atoms with Crippen LogP contribution < -0.4 is 11.2 Å². The molecule has 1 aromatic heterocycles. The first kappa shape index (κ1) is 18.1. The number of amides is 1. The Bertz CT molecular complexity index is 893. The molecule has 2 heterocycles. The zero-order valence-electron chi connectivity index (χ0n) is 14.7. The first-order valence-corrected chi connectivity index (χ1v) is 8.76. The highest BCUT2D eigenvalue weighted by Gasteiger charge is 2.21. The van der Waals surface area contributed by atoms with E-state index in [9.17, 15) is 18.8 Å². The van der Waals surface area contributed by atoms with Crippen LogP contribution in [0.1, 0.15) is 25.3 Å². The number of aromatic nitrogens is 2. The van der Waals surface area contributed by atoms with Crippen molar-refractivity contribution in [3.8, 4) is 0 Å². The van der Waals surface area contributed by atoms with E-state index in [1.807, 2.05) is 0 Å². The lowest BCUT2D eigenvalue weighted by molar-refractivity contribution is -0.133. The van der Waals surface area contributed by atoms with Crippen LogP contribution in [0.15, 0.2) is 46.1 Å². The van der Waals surface area contributed by atoms with Gasteiger partial charge in [0.25, 0.3) is 5.56 Å². The van der Waals surface area contributed by atoms with E-state index in [2.05, 4.69) is 6.92 Å². The average molecular weight is 359 g/mol. The first-order chi connectivity index (χ1) is 12.4. The summed E-state index contributed by atoms with van der Waals surface area (Å²) in [7, 11) is 0. The van der Waals surface area contributed by atoms with E-state index < -0.39 is 11.2 Å². The van der Waals surface area contributed by atoms with Gasteiger partial charge in [-0.1, -0.05) is 19.1 Å². The fraction of sp³-hybridized carbons (Fsp3) is 0.421. The van der Waals surface area contributed by atoms with Crippen molar-refractivity contribution in [3.63, 3.8) is 0 Å². The van der Waals surface area contributed by atoms with Crippen molar-refractivity contribution in [3.05, 3.63) is 68.7 Å². The number of hydrogen-bond donors (Lipinski definition) is 0. The summed E-state index contributed by atoms with van der Waals surface area (Å²) in [6.45, 7) is 3.42. The van der Waals surface area contributed by atoms with Crippen LogP contribution in [0.2, 0.25) is 0 Å². The molecule has 0 radical (unpaired) electrons. The van der Waals surface area contributed by atoms with Crippen LogP contribution in [-0.4, -0.2) is 33.0 Å². The average Bonchev–Trinajstić information content (AvgIpc) is 2.63. The SMILES string of the molecule is CC1CCN(C(=O)Cn2c(=O)ccn(Cc3ccc(F)cc3)c2=O)CC1. The smallest absolute Gasteiger partial charge is 0.331 e. The van der Waals surface area contributed by atoms with Gasteiger partial charge in [-0.3, -0.25) is 18.7 Å². The molecule has 2 aromatic rings. The number of carbonyl (C=O) groups is 1. The molecule has 1 aliphatic rings. The maximum atomic E-state index is 13.0. The second-order valence-corrected chi connectivity index (χ2v) is 6.84. The number of hydrogen-bond acceptors (Lipinski definition) is 3. The highest BCUT2D eigenvalue weighted by molar-refractivity contribution is 5.76. The molecule has 1 amide bonds. The summed E-state index contributed by atoms with van der Waals surface area (Å²) in [5, 5.41) is 0. The molecule has 1 aliphatic heterocycles. The van der Waals surface area contributed by atoms with Crippen LogP contribution in [0, 0.1) is 11.7 Å². The third-order valence-electron chi connectivity index (χ3n) is 4.84. The summed E-state index contributed by atoms with van der Waals surface area (Å²) in [5.41, 5.74) is -0.306. The second kappa shape index (κ2) is 7.68. The van der Waals surface area contributed by atoms with E-state index >= 15 is 0 Å². The minimum absolute atomic E-state index is 0.203. The molecule has 7 heteroatoms. The van der Waals surface area contributed by atoms with Gasteiger partial charge in [-0.2, -0.15) is 0 Å². The van der Waals surface area contributed by atoms with Crippen molar-refractivity contribution >= 4 is 5.91 Å². The van der Waals surface area contributed by atoms with Gasteiger partial charge in [-0.05, 0) is 36.5 Å². The molecular weight excluding hydrogens is 337 g/mol. The largest absolute Gasteiger partial charge is 0.341 e. The molecule has 0 bridgehead atoms. The number of rotatable bonds is 4. The van der Waals surface area contributed by atoms with E-state index in [1.165, 1.54) is 29.0 Å². The number of piperidine rings is 1. The molecule has 0 saturated carbocycles. The maximum Gasteiger partial charge on any atom is 0.331 e. The van der Waals surface area contributed by atoms with Crippen LogP contribution in [-0.2, 0) is 17.9 Å². The fourth-order valence-corrected chi connectivity index (χ4v) is 3.10. The quantitative estimate of drug-likeness (QED) is 0.830. The maximum absolute atomic E-state index is 13.0. The Labute approximate surface area is 150 Å². The molecule has 6 nitrogen and oxygen atoms in total. The van der Waals surface area contributed by atoms with Crippen LogP contribution >= 0.6 is 0 Å². The molecule has 1 saturated heterocycles. The Morgan fingerprint density at radius 1 is 1.12 bits per heavy atom. The zero-order valence-corrected chi connectivity index (χ0v) is 14.7. The molecule has 138 valence electrons. The molecule has 0 atom stereocenters. The summed E-state index contributed by atoms with van der Waals surface area (Å²) in [5.74, 6) is 0.0228. The molecule has 0 unspecified atom stereocenters. The highest BCUT2D eigenvalue weighted by Crippen LogP contribution is 2.16. The molecule has 1 fully saturated rings. The van der Waals surface area contributed by atoms with E-state index in [0.29, 0.717) is 19.0 Å². The van der Waals surface area contributed by atoms with Gasteiger partial charge in [0.15, 0.2) is 0 Å². The van der Waals surface area contributed by atoms with E-state index in [1.54, 1.807) is 17.0 Å². The normalized spacial score (nSPS) is 15.2. The van der Waals surface area contributed by atoms with Gasteiger partial charge in [0.2, 0.25) is 5.91 Å². The third kappa shape index (κ3) is 4.09. The zero-order chi connectivity index (χ0) is 18.7.